The lowest BCUT2D eigenvalue weighted by Crippen LogP contribution is -2.01. The Balaban J connectivity index is 2.23. The monoisotopic (exact) mass is 258 g/mol. The molecule has 0 aliphatic heterocycles. The topological polar surface area (TPSA) is 66.8 Å². The molecule has 2 rings (SSSR count). The summed E-state index contributed by atoms with van der Waals surface area (Å²) in [6.45, 7) is 2.03. The minimum Gasteiger partial charge on any atom is -0.504 e. The van der Waals surface area contributed by atoms with Crippen molar-refractivity contribution in [2.45, 2.75) is 13.5 Å². The predicted molar refractivity (Wildman–Crippen MR) is 70.6 cm³/mol. The molecule has 0 aliphatic carbocycles. The third kappa shape index (κ3) is 3.04. The summed E-state index contributed by atoms with van der Waals surface area (Å²) in [6, 6.07) is 12.5. The van der Waals surface area contributed by atoms with Crippen LogP contribution in [0.25, 0.3) is 0 Å². The van der Waals surface area contributed by atoms with Crippen LogP contribution in [-0.4, -0.2) is 16.2 Å². The van der Waals surface area contributed by atoms with E-state index in [4.69, 9.17) is 9.84 Å². The Morgan fingerprint density at radius 1 is 1.21 bits per heavy atom. The summed E-state index contributed by atoms with van der Waals surface area (Å²) in [4.78, 5) is 11.0. The van der Waals surface area contributed by atoms with E-state index in [1.54, 1.807) is 13.0 Å². The van der Waals surface area contributed by atoms with E-state index in [-0.39, 0.29) is 23.7 Å². The number of carboxylic acids is 1. The lowest BCUT2D eigenvalue weighted by Gasteiger charge is -2.11. The number of rotatable bonds is 4. The Bertz CT molecular complexity index is 591. The summed E-state index contributed by atoms with van der Waals surface area (Å²) in [5.74, 6) is -1.33. The Morgan fingerprint density at radius 2 is 1.89 bits per heavy atom. The van der Waals surface area contributed by atoms with Crippen molar-refractivity contribution in [2.24, 2.45) is 0 Å². The molecule has 0 bridgehead atoms. The number of phenols is 1. The fourth-order valence-corrected chi connectivity index (χ4v) is 1.75. The Labute approximate surface area is 110 Å². The molecular weight excluding hydrogens is 244 g/mol. The van der Waals surface area contributed by atoms with Gasteiger partial charge < -0.3 is 14.9 Å². The first-order valence-corrected chi connectivity index (χ1v) is 5.81. The molecule has 0 fully saturated rings. The van der Waals surface area contributed by atoms with Gasteiger partial charge in [0.15, 0.2) is 11.5 Å². The van der Waals surface area contributed by atoms with E-state index in [1.807, 2.05) is 30.3 Å². The van der Waals surface area contributed by atoms with Crippen molar-refractivity contribution in [3.63, 3.8) is 0 Å². The van der Waals surface area contributed by atoms with Crippen LogP contribution >= 0.6 is 0 Å². The van der Waals surface area contributed by atoms with Crippen LogP contribution in [-0.2, 0) is 6.61 Å². The molecule has 0 heterocycles. The number of aromatic carboxylic acids is 1. The van der Waals surface area contributed by atoms with Crippen molar-refractivity contribution in [2.75, 3.05) is 0 Å². The molecule has 0 unspecified atom stereocenters. The fraction of sp³-hybridized carbons (Fsp3) is 0.133. The van der Waals surface area contributed by atoms with E-state index in [1.165, 1.54) is 6.07 Å². The van der Waals surface area contributed by atoms with Gasteiger partial charge in [0, 0.05) is 0 Å². The van der Waals surface area contributed by atoms with Gasteiger partial charge in [0.25, 0.3) is 0 Å². The summed E-state index contributed by atoms with van der Waals surface area (Å²) in [5, 5.41) is 18.8. The van der Waals surface area contributed by atoms with Crippen molar-refractivity contribution < 1.29 is 19.7 Å². The summed E-state index contributed by atoms with van der Waals surface area (Å²) in [5.41, 5.74) is 1.52. The van der Waals surface area contributed by atoms with Crippen LogP contribution in [0, 0.1) is 6.92 Å². The van der Waals surface area contributed by atoms with E-state index < -0.39 is 5.97 Å². The average Bonchev–Trinajstić information content (AvgIpc) is 2.40. The quantitative estimate of drug-likeness (QED) is 0.884. The maximum atomic E-state index is 11.0. The number of ether oxygens (including phenoxy) is 1. The van der Waals surface area contributed by atoms with E-state index in [0.29, 0.717) is 0 Å². The second kappa shape index (κ2) is 5.44. The molecule has 2 N–H and O–H groups in total. The molecule has 4 nitrogen and oxygen atoms in total. The molecule has 4 heteroatoms. The van der Waals surface area contributed by atoms with Gasteiger partial charge in [-0.1, -0.05) is 30.3 Å². The summed E-state index contributed by atoms with van der Waals surface area (Å²) < 4.78 is 5.48. The number of hydrogen-bond acceptors (Lipinski definition) is 3. The number of carboxylic acid groups (broad SMARTS) is 1. The normalized spacial score (nSPS) is 10.2. The lowest BCUT2D eigenvalue weighted by atomic mass is 10.1. The number of aromatic hydroxyl groups is 1. The molecule has 0 saturated carbocycles. The van der Waals surface area contributed by atoms with E-state index in [2.05, 4.69) is 0 Å². The smallest absolute Gasteiger partial charge is 0.339 e. The molecule has 2 aromatic carbocycles. The standard InChI is InChI=1S/C15H14O4/c1-10-7-12(15(17)18)14(16)13(8-10)19-9-11-5-3-2-4-6-11/h2-8,16H,9H2,1H3,(H,17,18). The highest BCUT2D eigenvalue weighted by molar-refractivity contribution is 5.92. The molecule has 0 saturated heterocycles. The van der Waals surface area contributed by atoms with Crippen LogP contribution in [0.4, 0.5) is 0 Å². The maximum Gasteiger partial charge on any atom is 0.339 e. The second-order valence-electron chi connectivity index (χ2n) is 4.24. The van der Waals surface area contributed by atoms with Crippen LogP contribution in [0.15, 0.2) is 42.5 Å². The van der Waals surface area contributed by atoms with Crippen LogP contribution in [0.5, 0.6) is 11.5 Å². The van der Waals surface area contributed by atoms with E-state index >= 15 is 0 Å². The first kappa shape index (κ1) is 13.0. The minimum absolute atomic E-state index is 0.150. The van der Waals surface area contributed by atoms with Gasteiger partial charge >= 0.3 is 5.97 Å². The van der Waals surface area contributed by atoms with Crippen LogP contribution in [0.3, 0.4) is 0 Å². The largest absolute Gasteiger partial charge is 0.504 e. The van der Waals surface area contributed by atoms with Gasteiger partial charge in [-0.15, -0.1) is 0 Å². The fourth-order valence-electron chi connectivity index (χ4n) is 1.75. The SMILES string of the molecule is Cc1cc(OCc2ccccc2)c(O)c(C(=O)O)c1. The Kier molecular flexibility index (Phi) is 3.71. The highest BCUT2D eigenvalue weighted by atomic mass is 16.5. The third-order valence-corrected chi connectivity index (χ3v) is 2.69. The Morgan fingerprint density at radius 3 is 2.53 bits per heavy atom. The molecule has 0 atom stereocenters. The zero-order valence-electron chi connectivity index (χ0n) is 10.5. The van der Waals surface area contributed by atoms with Gasteiger partial charge in [-0.3, -0.25) is 0 Å². The van der Waals surface area contributed by atoms with Gasteiger partial charge in [-0.2, -0.15) is 0 Å². The number of hydrogen-bond donors (Lipinski definition) is 2. The summed E-state index contributed by atoms with van der Waals surface area (Å²) >= 11 is 0. The highest BCUT2D eigenvalue weighted by Crippen LogP contribution is 2.32. The van der Waals surface area contributed by atoms with Crippen LogP contribution < -0.4 is 4.74 Å². The van der Waals surface area contributed by atoms with E-state index in [0.717, 1.165) is 11.1 Å². The van der Waals surface area contributed by atoms with Crippen molar-refractivity contribution in [1.82, 2.24) is 0 Å². The Hall–Kier alpha value is -2.49. The molecule has 0 aliphatic rings. The summed E-state index contributed by atoms with van der Waals surface area (Å²) in [7, 11) is 0. The van der Waals surface area contributed by atoms with Gasteiger partial charge in [-0.25, -0.2) is 4.79 Å². The maximum absolute atomic E-state index is 11.0. The molecule has 0 radical (unpaired) electrons. The first-order chi connectivity index (χ1) is 9.08. The third-order valence-electron chi connectivity index (χ3n) is 2.69. The zero-order chi connectivity index (χ0) is 13.8. The first-order valence-electron chi connectivity index (χ1n) is 5.81. The molecular formula is C15H14O4. The van der Waals surface area contributed by atoms with Crippen LogP contribution in [0.2, 0.25) is 0 Å². The number of benzene rings is 2. The highest BCUT2D eigenvalue weighted by Gasteiger charge is 2.15. The van der Waals surface area contributed by atoms with Crippen molar-refractivity contribution in [3.05, 3.63) is 59.2 Å². The lowest BCUT2D eigenvalue weighted by molar-refractivity contribution is 0.0692. The van der Waals surface area contributed by atoms with Crippen LogP contribution in [0.1, 0.15) is 21.5 Å². The molecule has 0 amide bonds. The van der Waals surface area contributed by atoms with Gasteiger partial charge in [-0.05, 0) is 30.2 Å². The van der Waals surface area contributed by atoms with Gasteiger partial charge in [0.2, 0.25) is 0 Å². The second-order valence-corrected chi connectivity index (χ2v) is 4.24. The summed E-state index contributed by atoms with van der Waals surface area (Å²) in [6.07, 6.45) is 0. The minimum atomic E-state index is -1.18. The molecule has 0 spiro atoms. The van der Waals surface area contributed by atoms with Crippen molar-refractivity contribution in [1.29, 1.82) is 0 Å². The molecule has 0 aromatic heterocycles. The number of carbonyl (C=O) groups is 1. The molecule has 19 heavy (non-hydrogen) atoms. The van der Waals surface area contributed by atoms with Crippen molar-refractivity contribution >= 4 is 5.97 Å². The molecule has 2 aromatic rings. The van der Waals surface area contributed by atoms with Crippen molar-refractivity contribution in [3.8, 4) is 11.5 Å². The van der Waals surface area contributed by atoms with E-state index in [9.17, 15) is 9.90 Å². The van der Waals surface area contributed by atoms with Gasteiger partial charge in [0.05, 0.1) is 0 Å². The predicted octanol–water partition coefficient (Wildman–Crippen LogP) is 2.98. The number of aryl methyl sites for hydroxylation is 1. The zero-order valence-corrected chi connectivity index (χ0v) is 10.5. The average molecular weight is 258 g/mol. The van der Waals surface area contributed by atoms with Gasteiger partial charge in [0.1, 0.15) is 12.2 Å². The molecule has 98 valence electrons.